The lowest BCUT2D eigenvalue weighted by atomic mass is 9.56. The number of benzene rings is 1. The number of halogens is 2. The minimum Gasteiger partial charge on any atom is -0.448 e. The number of nitrogens with zero attached hydrogens (tertiary/aromatic N) is 11. The van der Waals surface area contributed by atoms with Gasteiger partial charge < -0.3 is 30.1 Å². The van der Waals surface area contributed by atoms with Crippen LogP contribution < -0.4 is 16.0 Å². The summed E-state index contributed by atoms with van der Waals surface area (Å²) in [4.78, 5) is 40.0. The molecule has 4 aromatic heterocycles. The zero-order chi connectivity index (χ0) is 42.9. The first kappa shape index (κ1) is 40.6. The average Bonchev–Trinajstić information content (AvgIpc) is 3.85. The van der Waals surface area contributed by atoms with E-state index in [2.05, 4.69) is 51.0 Å². The maximum atomic E-state index is 14.7. The van der Waals surface area contributed by atoms with E-state index >= 15 is 0 Å². The molecular weight excluding hydrogens is 797 g/mol. The Morgan fingerprint density at radius 1 is 0.935 bits per heavy atom. The fraction of sp³-hybridized carbons (Fsp3) is 0.568. The normalized spacial score (nSPS) is 20.2. The summed E-state index contributed by atoms with van der Waals surface area (Å²) in [6.07, 6.45) is 11.1. The number of nitrogen functional groups attached to an aromatic ring is 1. The van der Waals surface area contributed by atoms with Crippen molar-refractivity contribution in [2.24, 2.45) is 5.41 Å². The number of nitrogens with two attached hydrogens (primary N) is 1. The number of amides is 1. The minimum absolute atomic E-state index is 0.0660. The first-order chi connectivity index (χ1) is 29.9. The zero-order valence-corrected chi connectivity index (χ0v) is 35.9. The molecule has 0 radical (unpaired) electrons. The number of carbonyl (C=O) groups excluding carboxylic acids is 1. The number of aromatic nitrogens is 7. The number of likely N-dealkylation sites (tertiary alicyclic amines) is 2. The van der Waals surface area contributed by atoms with Gasteiger partial charge >= 0.3 is 6.09 Å². The molecule has 10 rings (SSSR count). The molecule has 5 aliphatic rings. The summed E-state index contributed by atoms with van der Waals surface area (Å²) in [5.41, 5.74) is 10.2. The van der Waals surface area contributed by atoms with Crippen LogP contribution in [0.25, 0.3) is 33.8 Å². The third-order valence-corrected chi connectivity index (χ3v) is 13.7. The van der Waals surface area contributed by atoms with Crippen LogP contribution in [0.1, 0.15) is 82.5 Å². The van der Waals surface area contributed by atoms with Crippen LogP contribution in [0.2, 0.25) is 0 Å². The summed E-state index contributed by atoms with van der Waals surface area (Å²) < 4.78 is 43.0. The Morgan fingerprint density at radius 2 is 1.63 bits per heavy atom. The number of nitrogens with one attached hydrogen (secondary N) is 1. The molecule has 1 amide bonds. The fourth-order valence-electron chi connectivity index (χ4n) is 10.1. The molecule has 3 saturated heterocycles. The largest absolute Gasteiger partial charge is 0.448 e. The van der Waals surface area contributed by atoms with Crippen LogP contribution in [-0.4, -0.2) is 134 Å². The molecular formula is C44H55F2N13O3. The summed E-state index contributed by atoms with van der Waals surface area (Å²) in [5, 5.41) is 12.9. The van der Waals surface area contributed by atoms with Crippen LogP contribution in [0.4, 0.5) is 30.8 Å². The number of fused-ring (bicyclic) bond motifs is 1. The predicted molar refractivity (Wildman–Crippen MR) is 230 cm³/mol. The molecule has 3 N–H and O–H groups in total. The van der Waals surface area contributed by atoms with Crippen molar-refractivity contribution in [2.75, 3.05) is 88.5 Å². The molecule has 1 aromatic carbocycles. The van der Waals surface area contributed by atoms with Gasteiger partial charge in [0.15, 0.2) is 28.9 Å². The molecule has 5 fully saturated rings. The Morgan fingerprint density at radius 3 is 2.27 bits per heavy atom. The van der Waals surface area contributed by atoms with Crippen LogP contribution in [0.5, 0.6) is 0 Å². The Bertz CT molecular complexity index is 2430. The number of carbonyl (C=O) groups is 1. The zero-order valence-electron chi connectivity index (χ0n) is 35.9. The van der Waals surface area contributed by atoms with Crippen molar-refractivity contribution in [1.82, 2.24) is 49.6 Å². The smallest absolute Gasteiger partial charge is 0.409 e. The van der Waals surface area contributed by atoms with E-state index in [1.807, 2.05) is 26.9 Å². The molecule has 0 bridgehead atoms. The molecule has 16 nitrogen and oxygen atoms in total. The number of piperidine rings is 1. The van der Waals surface area contributed by atoms with E-state index in [1.54, 1.807) is 7.05 Å². The molecule has 62 heavy (non-hydrogen) atoms. The van der Waals surface area contributed by atoms with E-state index in [9.17, 15) is 13.6 Å². The van der Waals surface area contributed by atoms with E-state index in [4.69, 9.17) is 30.1 Å². The standard InChI is InChI=1S/C44H55F2N13O3/c1-43(2,3)59-41-34(39(47)51-25-52-41)35(53-59)36-33(38(62-54-36)26-5-6-26)40-49-21-28(22-50-40)27-19-44(20-27)23-58(24-44)42(60)61-16-15-55-9-7-30(8-10-55)56-11-13-57(14-12-56)37-31(45)17-29(48-4)18-32(37)46/h17-18,21-22,25-27,30,48H,5-16,19-20,23-24H2,1-4H3,(H2,47,51,52). The number of hydrogen-bond acceptors (Lipinski definition) is 14. The van der Waals surface area contributed by atoms with Gasteiger partial charge in [-0.15, -0.1) is 0 Å². The Hall–Kier alpha value is -5.49. The highest BCUT2D eigenvalue weighted by Gasteiger charge is 2.54. The minimum atomic E-state index is -0.530. The first-order valence-corrected chi connectivity index (χ1v) is 22.0. The molecule has 328 valence electrons. The number of ether oxygens (including phenoxy) is 1. The summed E-state index contributed by atoms with van der Waals surface area (Å²) in [7, 11) is 1.65. The van der Waals surface area contributed by atoms with Crippen LogP contribution in [-0.2, 0) is 10.3 Å². The SMILES string of the molecule is CNc1cc(F)c(N2CCN(C3CCN(CCOC(=O)N4CC5(CC(c6cnc(-c7c(-c8nn(C(C)(C)C)c9ncnc(N)c89)noc7C7CC7)nc6)C5)C4)CC3)CC2)c(F)c1. The molecule has 1 spiro atoms. The van der Waals surface area contributed by atoms with E-state index in [1.165, 1.54) is 18.5 Å². The number of anilines is 3. The van der Waals surface area contributed by atoms with Crippen molar-refractivity contribution in [3.8, 4) is 22.8 Å². The molecule has 7 heterocycles. The summed E-state index contributed by atoms with van der Waals surface area (Å²) in [6, 6.07) is 3.14. The highest BCUT2D eigenvalue weighted by Crippen LogP contribution is 2.56. The van der Waals surface area contributed by atoms with Crippen molar-refractivity contribution in [2.45, 2.75) is 82.7 Å². The maximum absolute atomic E-state index is 14.7. The monoisotopic (exact) mass is 851 g/mol. The lowest BCUT2D eigenvalue weighted by Gasteiger charge is -2.58. The van der Waals surface area contributed by atoms with Crippen molar-refractivity contribution in [3.63, 3.8) is 0 Å². The fourth-order valence-corrected chi connectivity index (χ4v) is 10.1. The third-order valence-electron chi connectivity index (χ3n) is 13.7. The van der Waals surface area contributed by atoms with Crippen molar-refractivity contribution < 1.29 is 22.8 Å². The highest BCUT2D eigenvalue weighted by atomic mass is 19.1. The number of piperazine rings is 1. The summed E-state index contributed by atoms with van der Waals surface area (Å²) in [6.45, 7) is 13.3. The van der Waals surface area contributed by atoms with Gasteiger partial charge in [0.05, 0.1) is 16.5 Å². The van der Waals surface area contributed by atoms with Gasteiger partial charge in [0.25, 0.3) is 0 Å². The van der Waals surface area contributed by atoms with Gasteiger partial charge in [-0.05, 0) is 96.0 Å². The third kappa shape index (κ3) is 7.47. The molecule has 3 aliphatic heterocycles. The van der Waals surface area contributed by atoms with Gasteiger partial charge in [-0.2, -0.15) is 5.10 Å². The second-order valence-electron chi connectivity index (χ2n) is 19.0. The van der Waals surface area contributed by atoms with Crippen LogP contribution in [0.3, 0.4) is 0 Å². The lowest BCUT2D eigenvalue weighted by molar-refractivity contribution is -0.0657. The van der Waals surface area contributed by atoms with Gasteiger partial charge in [0, 0.05) is 88.3 Å². The van der Waals surface area contributed by atoms with Crippen LogP contribution >= 0.6 is 0 Å². The molecule has 0 unspecified atom stereocenters. The Balaban J connectivity index is 0.683. The van der Waals surface area contributed by atoms with Gasteiger partial charge in [0.2, 0.25) is 0 Å². The predicted octanol–water partition coefficient (Wildman–Crippen LogP) is 6.08. The average molecular weight is 852 g/mol. The Labute approximate surface area is 359 Å². The van der Waals surface area contributed by atoms with Crippen molar-refractivity contribution in [3.05, 3.63) is 53.8 Å². The molecule has 0 atom stereocenters. The second-order valence-corrected chi connectivity index (χ2v) is 19.0. The van der Waals surface area contributed by atoms with Crippen LogP contribution in [0.15, 0.2) is 35.4 Å². The molecule has 2 saturated carbocycles. The van der Waals surface area contributed by atoms with E-state index < -0.39 is 11.6 Å². The summed E-state index contributed by atoms with van der Waals surface area (Å²) in [5.74, 6) is 1.15. The number of hydrogen-bond donors (Lipinski definition) is 2. The quantitative estimate of drug-likeness (QED) is 0.166. The molecule has 2 aliphatic carbocycles. The van der Waals surface area contributed by atoms with Gasteiger partial charge in [-0.1, -0.05) is 5.16 Å². The van der Waals surface area contributed by atoms with Gasteiger partial charge in [0.1, 0.15) is 35.8 Å². The van der Waals surface area contributed by atoms with E-state index in [0.717, 1.165) is 81.6 Å². The van der Waals surface area contributed by atoms with Crippen molar-refractivity contribution >= 4 is 34.3 Å². The molecule has 5 aromatic rings. The lowest BCUT2D eigenvalue weighted by Crippen LogP contribution is -2.63. The van der Waals surface area contributed by atoms with Gasteiger partial charge in [-0.25, -0.2) is 38.2 Å². The van der Waals surface area contributed by atoms with Gasteiger partial charge in [-0.3, -0.25) is 9.80 Å². The van der Waals surface area contributed by atoms with Crippen molar-refractivity contribution in [1.29, 1.82) is 0 Å². The van der Waals surface area contributed by atoms with E-state index in [-0.39, 0.29) is 28.7 Å². The Kier molecular flexibility index (Phi) is 10.3. The summed E-state index contributed by atoms with van der Waals surface area (Å²) >= 11 is 0. The second kappa shape index (κ2) is 15.7. The van der Waals surface area contributed by atoms with E-state index in [0.29, 0.717) is 91.0 Å². The molecule has 18 heteroatoms. The van der Waals surface area contributed by atoms with Crippen LogP contribution in [0, 0.1) is 17.0 Å². The first-order valence-electron chi connectivity index (χ1n) is 22.0. The highest BCUT2D eigenvalue weighted by molar-refractivity contribution is 6.00. The topological polar surface area (TPSA) is 173 Å². The number of rotatable bonds is 10. The maximum Gasteiger partial charge on any atom is 0.409 e.